The first-order chi connectivity index (χ1) is 19.7. The van der Waals surface area contributed by atoms with Crippen LogP contribution in [0.4, 0.5) is 10.7 Å². The standard InChI is InChI=1S/C31H31N3O5S2.ClH/c1-3-39-31(36)28-26-17-18-34(19-22-7-5-4-6-8-22)20-27(26)40-30(28)32-29(35)23-11-13-24(14-12-23)33-41(37,38)25-15-9-21(2)10-16-25;/h4-16,33H,3,17-20H2,1-2H3,(H,32,35);1H. The lowest BCUT2D eigenvalue weighted by Crippen LogP contribution is -2.29. The quantitative estimate of drug-likeness (QED) is 0.213. The molecule has 1 amide bonds. The summed E-state index contributed by atoms with van der Waals surface area (Å²) in [4.78, 5) is 29.7. The van der Waals surface area contributed by atoms with Gasteiger partial charge in [-0.3, -0.25) is 14.4 Å². The number of sulfonamides is 1. The van der Waals surface area contributed by atoms with Gasteiger partial charge >= 0.3 is 5.97 Å². The molecule has 3 aromatic carbocycles. The zero-order chi connectivity index (χ0) is 29.0. The number of amides is 1. The number of rotatable bonds is 9. The number of nitrogens with one attached hydrogen (secondary N) is 2. The molecule has 0 bridgehead atoms. The van der Waals surface area contributed by atoms with Gasteiger partial charge in [0.15, 0.2) is 0 Å². The lowest BCUT2D eigenvalue weighted by atomic mass is 10.0. The maximum atomic E-state index is 13.2. The van der Waals surface area contributed by atoms with Crippen LogP contribution in [0.1, 0.15) is 49.2 Å². The fraction of sp³-hybridized carbons (Fsp3) is 0.226. The van der Waals surface area contributed by atoms with Crippen molar-refractivity contribution in [3.8, 4) is 0 Å². The van der Waals surface area contributed by atoms with Crippen molar-refractivity contribution in [2.75, 3.05) is 23.2 Å². The van der Waals surface area contributed by atoms with Gasteiger partial charge in [0.1, 0.15) is 5.00 Å². The summed E-state index contributed by atoms with van der Waals surface area (Å²) >= 11 is 1.40. The molecule has 11 heteroatoms. The van der Waals surface area contributed by atoms with Crippen LogP contribution in [0.25, 0.3) is 0 Å². The fourth-order valence-corrected chi connectivity index (χ4v) is 7.07. The molecule has 42 heavy (non-hydrogen) atoms. The summed E-state index contributed by atoms with van der Waals surface area (Å²) in [6.07, 6.45) is 0.679. The van der Waals surface area contributed by atoms with Crippen molar-refractivity contribution < 1.29 is 22.7 Å². The number of ether oxygens (including phenoxy) is 1. The first kappa shape index (κ1) is 31.2. The predicted molar refractivity (Wildman–Crippen MR) is 168 cm³/mol. The summed E-state index contributed by atoms with van der Waals surface area (Å²) in [6.45, 7) is 6.14. The number of hydrogen-bond donors (Lipinski definition) is 2. The minimum atomic E-state index is -3.76. The predicted octanol–water partition coefficient (Wildman–Crippen LogP) is 6.27. The van der Waals surface area contributed by atoms with E-state index in [1.807, 2.05) is 25.1 Å². The molecule has 2 heterocycles. The van der Waals surface area contributed by atoms with E-state index in [0.717, 1.165) is 29.1 Å². The Hall–Kier alpha value is -3.70. The molecule has 2 N–H and O–H groups in total. The smallest absolute Gasteiger partial charge is 0.341 e. The molecule has 0 saturated carbocycles. The summed E-state index contributed by atoms with van der Waals surface area (Å²) in [7, 11) is -3.76. The molecule has 1 aliphatic heterocycles. The molecule has 0 saturated heterocycles. The highest BCUT2D eigenvalue weighted by Gasteiger charge is 2.30. The lowest BCUT2D eigenvalue weighted by Gasteiger charge is -2.27. The molecule has 0 unspecified atom stereocenters. The molecular weight excluding hydrogens is 594 g/mol. The highest BCUT2D eigenvalue weighted by atomic mass is 35.5. The second-order valence-electron chi connectivity index (χ2n) is 9.82. The van der Waals surface area contributed by atoms with Crippen molar-refractivity contribution in [3.63, 3.8) is 0 Å². The second kappa shape index (κ2) is 13.5. The van der Waals surface area contributed by atoms with Crippen LogP contribution in [0.2, 0.25) is 0 Å². The van der Waals surface area contributed by atoms with E-state index in [4.69, 9.17) is 4.74 Å². The average Bonchev–Trinajstić information content (AvgIpc) is 3.31. The molecule has 0 fully saturated rings. The number of thiophene rings is 1. The van der Waals surface area contributed by atoms with Crippen LogP contribution in [-0.2, 0) is 34.3 Å². The van der Waals surface area contributed by atoms with Crippen LogP contribution >= 0.6 is 23.7 Å². The summed E-state index contributed by atoms with van der Waals surface area (Å²) < 4.78 is 33.3. The van der Waals surface area contributed by atoms with Crippen molar-refractivity contribution in [1.29, 1.82) is 0 Å². The Morgan fingerprint density at radius 1 is 0.976 bits per heavy atom. The van der Waals surface area contributed by atoms with Crippen LogP contribution in [0, 0.1) is 6.92 Å². The van der Waals surface area contributed by atoms with Gasteiger partial charge in [-0.2, -0.15) is 0 Å². The van der Waals surface area contributed by atoms with Crippen molar-refractivity contribution in [2.24, 2.45) is 0 Å². The summed E-state index contributed by atoms with van der Waals surface area (Å²) in [5, 5.41) is 3.37. The van der Waals surface area contributed by atoms with E-state index in [9.17, 15) is 18.0 Å². The molecule has 0 atom stereocenters. The first-order valence-corrected chi connectivity index (χ1v) is 15.6. The number of carbonyl (C=O) groups is 2. The molecule has 1 aromatic heterocycles. The monoisotopic (exact) mass is 625 g/mol. The molecule has 0 radical (unpaired) electrons. The Morgan fingerprint density at radius 3 is 2.33 bits per heavy atom. The zero-order valence-corrected chi connectivity index (χ0v) is 25.7. The maximum Gasteiger partial charge on any atom is 0.341 e. The third-order valence-corrected chi connectivity index (χ3v) is 9.35. The van der Waals surface area contributed by atoms with E-state index in [-0.39, 0.29) is 23.9 Å². The van der Waals surface area contributed by atoms with Gasteiger partial charge in [0, 0.05) is 35.8 Å². The van der Waals surface area contributed by atoms with E-state index >= 15 is 0 Å². The topological polar surface area (TPSA) is 105 Å². The molecule has 8 nitrogen and oxygen atoms in total. The van der Waals surface area contributed by atoms with E-state index in [1.54, 1.807) is 43.3 Å². The number of nitrogens with zero attached hydrogens (tertiary/aromatic N) is 1. The van der Waals surface area contributed by atoms with Crippen LogP contribution in [-0.4, -0.2) is 38.3 Å². The van der Waals surface area contributed by atoms with E-state index in [1.165, 1.54) is 29.0 Å². The van der Waals surface area contributed by atoms with Crippen molar-refractivity contribution in [1.82, 2.24) is 4.90 Å². The average molecular weight is 626 g/mol. The van der Waals surface area contributed by atoms with Crippen molar-refractivity contribution in [2.45, 2.75) is 38.3 Å². The molecule has 220 valence electrons. The van der Waals surface area contributed by atoms with E-state index in [0.29, 0.717) is 34.8 Å². The lowest BCUT2D eigenvalue weighted by molar-refractivity contribution is 0.0526. The molecule has 5 rings (SSSR count). The molecular formula is C31H32ClN3O5S2. The highest BCUT2D eigenvalue weighted by molar-refractivity contribution is 7.92. The molecule has 1 aliphatic rings. The third-order valence-electron chi connectivity index (χ3n) is 6.82. The van der Waals surface area contributed by atoms with Gasteiger partial charge in [-0.25, -0.2) is 13.2 Å². The van der Waals surface area contributed by atoms with Crippen molar-refractivity contribution >= 4 is 56.3 Å². The second-order valence-corrected chi connectivity index (χ2v) is 12.6. The normalized spacial score (nSPS) is 13.0. The summed E-state index contributed by atoms with van der Waals surface area (Å²) in [6, 6.07) is 22.9. The fourth-order valence-electron chi connectivity index (χ4n) is 4.74. The minimum absolute atomic E-state index is 0. The maximum absolute atomic E-state index is 13.2. The van der Waals surface area contributed by atoms with Gasteiger partial charge in [-0.1, -0.05) is 48.0 Å². The van der Waals surface area contributed by atoms with Gasteiger partial charge in [0.2, 0.25) is 0 Å². The first-order valence-electron chi connectivity index (χ1n) is 13.3. The summed E-state index contributed by atoms with van der Waals surface area (Å²) in [5.74, 6) is -0.846. The Kier molecular flexibility index (Phi) is 10.1. The Bertz CT molecular complexity index is 1660. The van der Waals surface area contributed by atoms with Crippen molar-refractivity contribution in [3.05, 3.63) is 112 Å². The van der Waals surface area contributed by atoms with Gasteiger partial charge in [-0.15, -0.1) is 23.7 Å². The minimum Gasteiger partial charge on any atom is -0.462 e. The number of halogens is 1. The van der Waals surface area contributed by atoms with Gasteiger partial charge in [0.05, 0.1) is 17.1 Å². The van der Waals surface area contributed by atoms with E-state index in [2.05, 4.69) is 27.1 Å². The Labute approximate surface area is 256 Å². The number of fused-ring (bicyclic) bond motifs is 1. The number of benzene rings is 3. The molecule has 0 spiro atoms. The van der Waals surface area contributed by atoms with E-state index < -0.39 is 21.9 Å². The Balaban J connectivity index is 0.00000405. The van der Waals surface area contributed by atoms with Gasteiger partial charge in [-0.05, 0) is 67.8 Å². The largest absolute Gasteiger partial charge is 0.462 e. The molecule has 4 aromatic rings. The highest BCUT2D eigenvalue weighted by Crippen LogP contribution is 2.38. The SMILES string of the molecule is CCOC(=O)c1c(NC(=O)c2ccc(NS(=O)(=O)c3ccc(C)cc3)cc2)sc2c1CCN(Cc1ccccc1)C2.Cl. The van der Waals surface area contributed by atoms with Crippen LogP contribution in [0.5, 0.6) is 0 Å². The number of esters is 1. The number of anilines is 2. The van der Waals surface area contributed by atoms with Crippen LogP contribution in [0.3, 0.4) is 0 Å². The van der Waals surface area contributed by atoms with Gasteiger partial charge < -0.3 is 10.1 Å². The van der Waals surface area contributed by atoms with Crippen LogP contribution in [0.15, 0.2) is 83.8 Å². The number of aryl methyl sites for hydroxylation is 1. The number of hydrogen-bond acceptors (Lipinski definition) is 7. The summed E-state index contributed by atoms with van der Waals surface area (Å²) in [5.41, 5.74) is 4.18. The molecule has 0 aliphatic carbocycles. The van der Waals surface area contributed by atoms with Crippen LogP contribution < -0.4 is 10.0 Å². The van der Waals surface area contributed by atoms with Gasteiger partial charge in [0.25, 0.3) is 15.9 Å². The number of carbonyl (C=O) groups excluding carboxylic acids is 2. The Morgan fingerprint density at radius 2 is 1.67 bits per heavy atom. The zero-order valence-electron chi connectivity index (χ0n) is 23.3. The third kappa shape index (κ3) is 7.19.